The SMILES string of the molecule is CC1CCCC(C(N)CC2CCOC2)C1. The molecule has 0 aromatic rings. The molecule has 0 radical (unpaired) electrons. The Morgan fingerprint density at radius 3 is 2.87 bits per heavy atom. The first-order valence-electron chi connectivity index (χ1n) is 6.59. The third-order valence-electron chi connectivity index (χ3n) is 4.21. The van der Waals surface area contributed by atoms with Crippen LogP contribution in [0.1, 0.15) is 45.4 Å². The van der Waals surface area contributed by atoms with Crippen LogP contribution in [0.2, 0.25) is 0 Å². The van der Waals surface area contributed by atoms with Crippen LogP contribution in [0, 0.1) is 17.8 Å². The molecular weight excluding hydrogens is 186 g/mol. The van der Waals surface area contributed by atoms with E-state index in [0.717, 1.165) is 31.0 Å². The van der Waals surface area contributed by atoms with Gasteiger partial charge in [-0.3, -0.25) is 0 Å². The van der Waals surface area contributed by atoms with Gasteiger partial charge in [0, 0.05) is 19.3 Å². The molecule has 2 fully saturated rings. The van der Waals surface area contributed by atoms with Crippen molar-refractivity contribution in [2.75, 3.05) is 13.2 Å². The van der Waals surface area contributed by atoms with Gasteiger partial charge in [-0.2, -0.15) is 0 Å². The lowest BCUT2D eigenvalue weighted by Gasteiger charge is -2.32. The highest BCUT2D eigenvalue weighted by Crippen LogP contribution is 2.32. The van der Waals surface area contributed by atoms with Gasteiger partial charge < -0.3 is 10.5 Å². The molecule has 0 aromatic heterocycles. The molecule has 88 valence electrons. The molecule has 1 heterocycles. The maximum atomic E-state index is 6.33. The monoisotopic (exact) mass is 211 g/mol. The van der Waals surface area contributed by atoms with Gasteiger partial charge in [-0.25, -0.2) is 0 Å². The van der Waals surface area contributed by atoms with E-state index in [1.807, 2.05) is 0 Å². The Morgan fingerprint density at radius 1 is 1.33 bits per heavy atom. The van der Waals surface area contributed by atoms with Crippen molar-refractivity contribution < 1.29 is 4.74 Å². The number of nitrogens with two attached hydrogens (primary N) is 1. The Kier molecular flexibility index (Phi) is 4.04. The van der Waals surface area contributed by atoms with Crippen molar-refractivity contribution in [3.8, 4) is 0 Å². The summed E-state index contributed by atoms with van der Waals surface area (Å²) in [6, 6.07) is 0.430. The molecule has 2 N–H and O–H groups in total. The van der Waals surface area contributed by atoms with E-state index >= 15 is 0 Å². The average molecular weight is 211 g/mol. The van der Waals surface area contributed by atoms with Crippen LogP contribution in [-0.2, 0) is 4.74 Å². The number of ether oxygens (including phenoxy) is 1. The predicted octanol–water partition coefficient (Wildman–Crippen LogP) is 2.57. The summed E-state index contributed by atoms with van der Waals surface area (Å²) in [5, 5.41) is 0. The minimum absolute atomic E-state index is 0.430. The summed E-state index contributed by atoms with van der Waals surface area (Å²) >= 11 is 0. The van der Waals surface area contributed by atoms with Gasteiger partial charge in [-0.1, -0.05) is 19.8 Å². The van der Waals surface area contributed by atoms with Crippen LogP contribution in [-0.4, -0.2) is 19.3 Å². The quantitative estimate of drug-likeness (QED) is 0.778. The van der Waals surface area contributed by atoms with Crippen LogP contribution in [0.5, 0.6) is 0 Å². The Bertz CT molecular complexity index is 189. The Labute approximate surface area is 93.6 Å². The highest BCUT2D eigenvalue weighted by atomic mass is 16.5. The minimum atomic E-state index is 0.430. The molecule has 2 rings (SSSR count). The molecule has 4 unspecified atom stereocenters. The number of rotatable bonds is 3. The van der Waals surface area contributed by atoms with Crippen molar-refractivity contribution in [1.82, 2.24) is 0 Å². The molecule has 1 saturated heterocycles. The fourth-order valence-corrected chi connectivity index (χ4v) is 3.22. The van der Waals surface area contributed by atoms with E-state index in [1.165, 1.54) is 38.5 Å². The van der Waals surface area contributed by atoms with Crippen LogP contribution in [0.4, 0.5) is 0 Å². The summed E-state index contributed by atoms with van der Waals surface area (Å²) in [5.41, 5.74) is 6.33. The predicted molar refractivity (Wildman–Crippen MR) is 62.6 cm³/mol. The molecule has 0 bridgehead atoms. The largest absolute Gasteiger partial charge is 0.381 e. The van der Waals surface area contributed by atoms with Crippen molar-refractivity contribution in [3.05, 3.63) is 0 Å². The first-order valence-corrected chi connectivity index (χ1v) is 6.59. The van der Waals surface area contributed by atoms with Gasteiger partial charge >= 0.3 is 0 Å². The first kappa shape index (κ1) is 11.4. The highest BCUT2D eigenvalue weighted by molar-refractivity contribution is 4.81. The van der Waals surface area contributed by atoms with Gasteiger partial charge in [0.1, 0.15) is 0 Å². The molecular formula is C13H25NO. The third-order valence-corrected chi connectivity index (χ3v) is 4.21. The smallest absolute Gasteiger partial charge is 0.0495 e. The van der Waals surface area contributed by atoms with Crippen LogP contribution < -0.4 is 5.73 Å². The van der Waals surface area contributed by atoms with Crippen molar-refractivity contribution in [2.24, 2.45) is 23.5 Å². The summed E-state index contributed by atoms with van der Waals surface area (Å²) < 4.78 is 5.41. The van der Waals surface area contributed by atoms with Crippen molar-refractivity contribution >= 4 is 0 Å². The zero-order valence-corrected chi connectivity index (χ0v) is 9.95. The molecule has 2 heteroatoms. The van der Waals surface area contributed by atoms with Crippen LogP contribution in [0.3, 0.4) is 0 Å². The van der Waals surface area contributed by atoms with Gasteiger partial charge in [-0.15, -0.1) is 0 Å². The van der Waals surface area contributed by atoms with Gasteiger partial charge in [0.25, 0.3) is 0 Å². The Morgan fingerprint density at radius 2 is 2.20 bits per heavy atom. The third kappa shape index (κ3) is 3.18. The molecule has 0 spiro atoms. The van der Waals surface area contributed by atoms with E-state index in [4.69, 9.17) is 10.5 Å². The van der Waals surface area contributed by atoms with Crippen LogP contribution >= 0.6 is 0 Å². The Balaban J connectivity index is 1.76. The van der Waals surface area contributed by atoms with E-state index < -0.39 is 0 Å². The summed E-state index contributed by atoms with van der Waals surface area (Å²) in [5.74, 6) is 2.43. The lowest BCUT2D eigenvalue weighted by Crippen LogP contribution is -2.35. The molecule has 4 atom stereocenters. The number of hydrogen-bond acceptors (Lipinski definition) is 2. The summed E-state index contributed by atoms with van der Waals surface area (Å²) in [6.07, 6.45) is 7.94. The number of hydrogen-bond donors (Lipinski definition) is 1. The fraction of sp³-hybridized carbons (Fsp3) is 1.00. The van der Waals surface area contributed by atoms with Gasteiger partial charge in [-0.05, 0) is 43.4 Å². The zero-order chi connectivity index (χ0) is 10.7. The first-order chi connectivity index (χ1) is 7.25. The maximum Gasteiger partial charge on any atom is 0.0495 e. The molecule has 0 aromatic carbocycles. The normalized spacial score (nSPS) is 39.2. The van der Waals surface area contributed by atoms with Crippen LogP contribution in [0.25, 0.3) is 0 Å². The summed E-state index contributed by atoms with van der Waals surface area (Å²) in [7, 11) is 0. The summed E-state index contributed by atoms with van der Waals surface area (Å²) in [6.45, 7) is 4.28. The minimum Gasteiger partial charge on any atom is -0.381 e. The van der Waals surface area contributed by atoms with Gasteiger partial charge in [0.15, 0.2) is 0 Å². The standard InChI is InChI=1S/C13H25NO/c1-10-3-2-4-12(7-10)13(14)8-11-5-6-15-9-11/h10-13H,2-9,14H2,1H3. The highest BCUT2D eigenvalue weighted by Gasteiger charge is 2.27. The molecule has 1 aliphatic heterocycles. The summed E-state index contributed by atoms with van der Waals surface area (Å²) in [4.78, 5) is 0. The van der Waals surface area contributed by atoms with Crippen LogP contribution in [0.15, 0.2) is 0 Å². The van der Waals surface area contributed by atoms with Gasteiger partial charge in [0.2, 0.25) is 0 Å². The molecule has 1 saturated carbocycles. The van der Waals surface area contributed by atoms with Crippen molar-refractivity contribution in [1.29, 1.82) is 0 Å². The maximum absolute atomic E-state index is 6.33. The second kappa shape index (κ2) is 5.31. The van der Waals surface area contributed by atoms with E-state index in [0.29, 0.717) is 6.04 Å². The Hall–Kier alpha value is -0.0800. The second-order valence-electron chi connectivity index (χ2n) is 5.66. The van der Waals surface area contributed by atoms with Gasteiger partial charge in [0.05, 0.1) is 0 Å². The fourth-order valence-electron chi connectivity index (χ4n) is 3.22. The van der Waals surface area contributed by atoms with E-state index in [2.05, 4.69) is 6.92 Å². The van der Waals surface area contributed by atoms with E-state index in [1.54, 1.807) is 0 Å². The molecule has 0 amide bonds. The molecule has 2 aliphatic rings. The van der Waals surface area contributed by atoms with Crippen molar-refractivity contribution in [3.63, 3.8) is 0 Å². The molecule has 15 heavy (non-hydrogen) atoms. The average Bonchev–Trinajstić information content (AvgIpc) is 2.70. The second-order valence-corrected chi connectivity index (χ2v) is 5.66. The lowest BCUT2D eigenvalue weighted by atomic mass is 9.76. The molecule has 2 nitrogen and oxygen atoms in total. The molecule has 1 aliphatic carbocycles. The topological polar surface area (TPSA) is 35.2 Å². The van der Waals surface area contributed by atoms with E-state index in [9.17, 15) is 0 Å². The lowest BCUT2D eigenvalue weighted by molar-refractivity contribution is 0.174. The zero-order valence-electron chi connectivity index (χ0n) is 9.95. The van der Waals surface area contributed by atoms with Crippen molar-refractivity contribution in [2.45, 2.75) is 51.5 Å². The van der Waals surface area contributed by atoms with E-state index in [-0.39, 0.29) is 0 Å².